The third-order valence-electron chi connectivity index (χ3n) is 5.90. The van der Waals surface area contributed by atoms with E-state index in [0.29, 0.717) is 16.9 Å². The fourth-order valence-electron chi connectivity index (χ4n) is 3.89. The first-order chi connectivity index (χ1) is 19.7. The number of hydrogen-bond donors (Lipinski definition) is 5. The van der Waals surface area contributed by atoms with Crippen LogP contribution in [0, 0.1) is 0 Å². The molecule has 0 bridgehead atoms. The number of carbonyl (C=O) groups is 4. The standard InChI is InChI=1S/C30H24Cl2N4O5/c31-22-10-6-11-23(32)26(22)28(38)34-20-15-13-18(14-16-20)17-25(29(39)40)36-30(41)35-24-12-5-4-9-21(24)27(37)33-19-7-2-1-3-8-19/h1-16,25H,17H2,(H,33,37)(H,34,38)(H,39,40)(H2,35,36,41). The average Bonchev–Trinajstić information content (AvgIpc) is 2.94. The molecule has 4 amide bonds. The van der Waals surface area contributed by atoms with Gasteiger partial charge in [0.15, 0.2) is 0 Å². The van der Waals surface area contributed by atoms with E-state index in [2.05, 4.69) is 21.3 Å². The Hall–Kier alpha value is -4.86. The summed E-state index contributed by atoms with van der Waals surface area (Å²) in [5.74, 6) is -2.18. The molecule has 4 aromatic carbocycles. The number of para-hydroxylation sites is 2. The highest BCUT2D eigenvalue weighted by molar-refractivity contribution is 6.40. The zero-order chi connectivity index (χ0) is 29.4. The number of halogens is 2. The molecule has 0 radical (unpaired) electrons. The highest BCUT2D eigenvalue weighted by Crippen LogP contribution is 2.25. The number of carboxylic acid groups (broad SMARTS) is 1. The van der Waals surface area contributed by atoms with Gasteiger partial charge in [-0.2, -0.15) is 0 Å². The summed E-state index contributed by atoms with van der Waals surface area (Å²) in [5, 5.41) is 20.6. The summed E-state index contributed by atoms with van der Waals surface area (Å²) in [6, 6.07) is 24.3. The minimum atomic E-state index is -1.28. The largest absolute Gasteiger partial charge is 0.480 e. The highest BCUT2D eigenvalue weighted by atomic mass is 35.5. The van der Waals surface area contributed by atoms with Gasteiger partial charge in [-0.3, -0.25) is 9.59 Å². The zero-order valence-electron chi connectivity index (χ0n) is 21.4. The molecule has 208 valence electrons. The first kappa shape index (κ1) is 29.1. The van der Waals surface area contributed by atoms with Gasteiger partial charge in [-0.1, -0.05) is 71.7 Å². The zero-order valence-corrected chi connectivity index (χ0v) is 22.9. The number of amides is 4. The summed E-state index contributed by atoms with van der Waals surface area (Å²) >= 11 is 12.2. The second-order valence-corrected chi connectivity index (χ2v) is 9.62. The van der Waals surface area contributed by atoms with Gasteiger partial charge in [0.1, 0.15) is 6.04 Å². The maximum absolute atomic E-state index is 12.8. The van der Waals surface area contributed by atoms with E-state index in [1.165, 1.54) is 6.07 Å². The van der Waals surface area contributed by atoms with Crippen LogP contribution in [-0.2, 0) is 11.2 Å². The molecular weight excluding hydrogens is 567 g/mol. The van der Waals surface area contributed by atoms with Crippen molar-refractivity contribution in [1.82, 2.24) is 5.32 Å². The number of carbonyl (C=O) groups excluding carboxylic acids is 3. The van der Waals surface area contributed by atoms with Crippen LogP contribution in [0.2, 0.25) is 10.0 Å². The quantitative estimate of drug-likeness (QED) is 0.155. The average molecular weight is 591 g/mol. The molecule has 0 spiro atoms. The lowest BCUT2D eigenvalue weighted by atomic mass is 10.1. The van der Waals surface area contributed by atoms with Gasteiger partial charge in [0.25, 0.3) is 11.8 Å². The number of rotatable bonds is 9. The molecule has 0 aliphatic rings. The van der Waals surface area contributed by atoms with Gasteiger partial charge in [-0.25, -0.2) is 9.59 Å². The second-order valence-electron chi connectivity index (χ2n) is 8.81. The Kier molecular flexibility index (Phi) is 9.57. The molecule has 9 nitrogen and oxygen atoms in total. The van der Waals surface area contributed by atoms with Crippen molar-refractivity contribution >= 4 is 64.1 Å². The molecular formula is C30H24Cl2N4O5. The van der Waals surface area contributed by atoms with Crippen LogP contribution in [0.4, 0.5) is 21.9 Å². The minimum Gasteiger partial charge on any atom is -0.480 e. The molecule has 0 saturated carbocycles. The fourth-order valence-corrected chi connectivity index (χ4v) is 4.46. The molecule has 0 heterocycles. The first-order valence-electron chi connectivity index (χ1n) is 12.3. The molecule has 0 aliphatic heterocycles. The predicted molar refractivity (Wildman–Crippen MR) is 159 cm³/mol. The number of nitrogens with one attached hydrogen (secondary N) is 4. The van der Waals surface area contributed by atoms with Crippen LogP contribution in [0.1, 0.15) is 26.3 Å². The molecule has 1 atom stereocenters. The normalized spacial score (nSPS) is 11.2. The number of aliphatic carboxylic acids is 1. The van der Waals surface area contributed by atoms with Gasteiger partial charge >= 0.3 is 12.0 Å². The van der Waals surface area contributed by atoms with Crippen molar-refractivity contribution in [3.05, 3.63) is 124 Å². The van der Waals surface area contributed by atoms with E-state index in [0.717, 1.165) is 0 Å². The Morgan fingerprint density at radius 2 is 1.24 bits per heavy atom. The number of hydrogen-bond acceptors (Lipinski definition) is 4. The maximum atomic E-state index is 12.8. The van der Waals surface area contributed by atoms with E-state index in [9.17, 15) is 24.3 Å². The predicted octanol–water partition coefficient (Wildman–Crippen LogP) is 6.32. The van der Waals surface area contributed by atoms with Gasteiger partial charge in [-0.15, -0.1) is 0 Å². The van der Waals surface area contributed by atoms with Crippen LogP contribution in [0.25, 0.3) is 0 Å². The highest BCUT2D eigenvalue weighted by Gasteiger charge is 2.22. The summed E-state index contributed by atoms with van der Waals surface area (Å²) in [7, 11) is 0. The van der Waals surface area contributed by atoms with Gasteiger partial charge in [0.05, 0.1) is 26.9 Å². The topological polar surface area (TPSA) is 137 Å². The van der Waals surface area contributed by atoms with Crippen LogP contribution >= 0.6 is 23.2 Å². The molecule has 0 aliphatic carbocycles. The Bertz CT molecular complexity index is 1560. The van der Waals surface area contributed by atoms with Gasteiger partial charge in [0.2, 0.25) is 0 Å². The Balaban J connectivity index is 1.38. The van der Waals surface area contributed by atoms with Gasteiger partial charge < -0.3 is 26.4 Å². The third kappa shape index (κ3) is 7.84. The lowest BCUT2D eigenvalue weighted by Crippen LogP contribution is -2.44. The van der Waals surface area contributed by atoms with Crippen molar-refractivity contribution in [3.8, 4) is 0 Å². The van der Waals surface area contributed by atoms with E-state index in [4.69, 9.17) is 23.2 Å². The Morgan fingerprint density at radius 3 is 1.90 bits per heavy atom. The summed E-state index contributed by atoms with van der Waals surface area (Å²) in [5.41, 5.74) is 2.17. The second kappa shape index (κ2) is 13.5. The summed E-state index contributed by atoms with van der Waals surface area (Å²) in [6.07, 6.45) is -0.0382. The van der Waals surface area contributed by atoms with Crippen LogP contribution < -0.4 is 21.3 Å². The molecule has 0 aromatic heterocycles. The minimum absolute atomic E-state index is 0.0382. The fraction of sp³-hybridized carbons (Fsp3) is 0.0667. The van der Waals surface area contributed by atoms with E-state index < -0.39 is 29.9 Å². The number of benzene rings is 4. The van der Waals surface area contributed by atoms with Crippen LogP contribution in [0.15, 0.2) is 97.1 Å². The van der Waals surface area contributed by atoms with Crippen molar-refractivity contribution in [2.75, 3.05) is 16.0 Å². The van der Waals surface area contributed by atoms with Crippen molar-refractivity contribution in [2.45, 2.75) is 12.5 Å². The molecule has 0 fully saturated rings. The molecule has 41 heavy (non-hydrogen) atoms. The monoisotopic (exact) mass is 590 g/mol. The number of anilines is 3. The van der Waals surface area contributed by atoms with Crippen LogP contribution in [-0.4, -0.2) is 35.0 Å². The van der Waals surface area contributed by atoms with Gasteiger partial charge in [0, 0.05) is 17.8 Å². The van der Waals surface area contributed by atoms with Crippen molar-refractivity contribution in [1.29, 1.82) is 0 Å². The SMILES string of the molecule is O=C(Nc1ccccc1C(=O)Nc1ccccc1)NC(Cc1ccc(NC(=O)c2c(Cl)cccc2Cl)cc1)C(=O)O. The van der Waals surface area contributed by atoms with Crippen LogP contribution in [0.3, 0.4) is 0 Å². The molecule has 5 N–H and O–H groups in total. The van der Waals surface area contributed by atoms with E-state index in [1.54, 1.807) is 84.9 Å². The maximum Gasteiger partial charge on any atom is 0.326 e. The molecule has 4 aromatic rings. The number of carboxylic acids is 1. The van der Waals surface area contributed by atoms with Crippen LogP contribution in [0.5, 0.6) is 0 Å². The number of urea groups is 1. The van der Waals surface area contributed by atoms with Gasteiger partial charge in [-0.05, 0) is 54.1 Å². The lowest BCUT2D eigenvalue weighted by molar-refractivity contribution is -0.139. The van der Waals surface area contributed by atoms with Crippen molar-refractivity contribution in [2.24, 2.45) is 0 Å². The molecule has 11 heteroatoms. The van der Waals surface area contributed by atoms with Crippen molar-refractivity contribution in [3.63, 3.8) is 0 Å². The van der Waals surface area contributed by atoms with E-state index in [1.807, 2.05) is 6.07 Å². The Morgan fingerprint density at radius 1 is 0.659 bits per heavy atom. The summed E-state index contributed by atoms with van der Waals surface area (Å²) < 4.78 is 0. The molecule has 0 saturated heterocycles. The van der Waals surface area contributed by atoms with E-state index >= 15 is 0 Å². The van der Waals surface area contributed by atoms with E-state index in [-0.39, 0.29) is 33.3 Å². The smallest absolute Gasteiger partial charge is 0.326 e. The summed E-state index contributed by atoms with van der Waals surface area (Å²) in [6.45, 7) is 0. The molecule has 4 rings (SSSR count). The first-order valence-corrected chi connectivity index (χ1v) is 13.1. The van der Waals surface area contributed by atoms with Crippen molar-refractivity contribution < 1.29 is 24.3 Å². The molecule has 1 unspecified atom stereocenters. The summed E-state index contributed by atoms with van der Waals surface area (Å²) in [4.78, 5) is 50.0. The third-order valence-corrected chi connectivity index (χ3v) is 6.53. The lowest BCUT2D eigenvalue weighted by Gasteiger charge is -2.17. The Labute approximate surface area is 245 Å².